The van der Waals surface area contributed by atoms with E-state index in [0.717, 1.165) is 6.42 Å². The molecular formula is C38H43ClN2O4. The third-order valence-corrected chi connectivity index (χ3v) is 9.30. The number of carbonyl (C=O) groups excluding carboxylic acids is 1. The summed E-state index contributed by atoms with van der Waals surface area (Å²) < 4.78 is 6.17. The van der Waals surface area contributed by atoms with Crippen LogP contribution in [0.4, 0.5) is 0 Å². The summed E-state index contributed by atoms with van der Waals surface area (Å²) in [6, 6.07) is 27.6. The molecule has 5 rings (SSSR count). The normalized spacial score (nSPS) is 17.4. The van der Waals surface area contributed by atoms with Crippen LogP contribution in [0.1, 0.15) is 80.4 Å². The Labute approximate surface area is 271 Å². The smallest absolute Gasteiger partial charge is 0.334 e. The molecule has 6 nitrogen and oxygen atoms in total. The van der Waals surface area contributed by atoms with Gasteiger partial charge in [0.1, 0.15) is 0 Å². The van der Waals surface area contributed by atoms with Crippen molar-refractivity contribution in [1.29, 1.82) is 0 Å². The molecule has 3 N–H and O–H groups in total. The molecule has 0 radical (unpaired) electrons. The topological polar surface area (TPSA) is 87.7 Å². The molecule has 1 atom stereocenters. The van der Waals surface area contributed by atoms with Crippen molar-refractivity contribution in [3.63, 3.8) is 0 Å². The number of dihydropyridines is 1. The maximum absolute atomic E-state index is 14.2. The molecule has 7 heteroatoms. The number of benzene rings is 3. The number of rotatable bonds is 13. The number of nitrogens with one attached hydrogen (secondary N) is 2. The fourth-order valence-corrected chi connectivity index (χ4v) is 7.00. The monoisotopic (exact) mass is 626 g/mol. The molecule has 0 spiro atoms. The van der Waals surface area contributed by atoms with Gasteiger partial charge in [0.25, 0.3) is 0 Å². The molecule has 1 aliphatic carbocycles. The van der Waals surface area contributed by atoms with Crippen molar-refractivity contribution < 1.29 is 19.4 Å². The molecule has 1 aliphatic heterocycles. The van der Waals surface area contributed by atoms with Gasteiger partial charge < -0.3 is 20.5 Å². The van der Waals surface area contributed by atoms with E-state index in [2.05, 4.69) is 34.9 Å². The fraction of sp³-hybridized carbons (Fsp3) is 0.368. The standard InChI is InChI=1S/C38H43ClN2O4/c1-26-34(38(43)44)35(30-18-11-19-31(39)24-30)36(33(41-26)25-45-23-21-27-12-5-2-6-13-27)37(42)40-22-20-32(28-14-7-3-8-15-28)29-16-9-4-10-17-29/h3-4,7-11,14-19,24,27,32,35,41H,2,5-6,12-13,20-23,25H2,1H3,(H,40,42)(H,43,44). The second-order valence-electron chi connectivity index (χ2n) is 12.1. The van der Waals surface area contributed by atoms with E-state index in [4.69, 9.17) is 16.3 Å². The van der Waals surface area contributed by atoms with E-state index in [-0.39, 0.29) is 24.0 Å². The molecular weight excluding hydrogens is 584 g/mol. The number of ether oxygens (including phenoxy) is 1. The summed E-state index contributed by atoms with van der Waals surface area (Å²) in [7, 11) is 0. The molecule has 3 aromatic rings. The van der Waals surface area contributed by atoms with Crippen molar-refractivity contribution in [3.8, 4) is 0 Å². The van der Waals surface area contributed by atoms with Crippen LogP contribution >= 0.6 is 11.6 Å². The van der Waals surface area contributed by atoms with Crippen LogP contribution in [-0.2, 0) is 14.3 Å². The van der Waals surface area contributed by atoms with Crippen molar-refractivity contribution in [1.82, 2.24) is 10.6 Å². The Hall–Kier alpha value is -3.87. The van der Waals surface area contributed by atoms with Gasteiger partial charge in [-0.1, -0.05) is 117 Å². The van der Waals surface area contributed by atoms with Crippen molar-refractivity contribution in [2.24, 2.45) is 5.92 Å². The summed E-state index contributed by atoms with van der Waals surface area (Å²) in [6.07, 6.45) is 8.02. The first-order chi connectivity index (χ1) is 21.9. The zero-order valence-electron chi connectivity index (χ0n) is 25.9. The van der Waals surface area contributed by atoms with Gasteiger partial charge in [0.05, 0.1) is 29.4 Å². The van der Waals surface area contributed by atoms with Crippen LogP contribution in [0.15, 0.2) is 107 Å². The van der Waals surface area contributed by atoms with Crippen LogP contribution in [0.25, 0.3) is 0 Å². The Morgan fingerprint density at radius 3 is 2.22 bits per heavy atom. The highest BCUT2D eigenvalue weighted by atomic mass is 35.5. The number of allylic oxidation sites excluding steroid dienone is 1. The van der Waals surface area contributed by atoms with Crippen molar-refractivity contribution in [2.75, 3.05) is 19.8 Å². The number of carboxylic acid groups (broad SMARTS) is 1. The third-order valence-electron chi connectivity index (χ3n) is 9.07. The quantitative estimate of drug-likeness (QED) is 0.168. The second kappa shape index (κ2) is 15.9. The lowest BCUT2D eigenvalue weighted by Crippen LogP contribution is -2.38. The summed E-state index contributed by atoms with van der Waals surface area (Å²) in [4.78, 5) is 26.8. The van der Waals surface area contributed by atoms with E-state index < -0.39 is 11.9 Å². The molecule has 2 aliphatic rings. The molecule has 1 fully saturated rings. The van der Waals surface area contributed by atoms with Crippen LogP contribution in [-0.4, -0.2) is 36.7 Å². The van der Waals surface area contributed by atoms with Crippen molar-refractivity contribution in [3.05, 3.63) is 129 Å². The summed E-state index contributed by atoms with van der Waals surface area (Å²) in [5, 5.41) is 17.2. The largest absolute Gasteiger partial charge is 0.478 e. The zero-order valence-corrected chi connectivity index (χ0v) is 26.7. The highest BCUT2D eigenvalue weighted by molar-refractivity contribution is 6.30. The number of aliphatic carboxylic acids is 1. The van der Waals surface area contributed by atoms with Gasteiger partial charge in [0.15, 0.2) is 0 Å². The van der Waals surface area contributed by atoms with Crippen LogP contribution in [0.2, 0.25) is 5.02 Å². The first-order valence-corrected chi connectivity index (χ1v) is 16.5. The SMILES string of the molecule is CC1=C(C(=O)O)C(c2cccc(Cl)c2)C(C(=O)NCCC(c2ccccc2)c2ccccc2)=C(COCCC2CCCCC2)N1. The summed E-state index contributed by atoms with van der Waals surface area (Å²) in [5.41, 5.74) is 4.55. The first-order valence-electron chi connectivity index (χ1n) is 16.1. The first kappa shape index (κ1) is 32.5. The average molecular weight is 627 g/mol. The van der Waals surface area contributed by atoms with Gasteiger partial charge >= 0.3 is 5.97 Å². The second-order valence-corrected chi connectivity index (χ2v) is 12.5. The highest BCUT2D eigenvalue weighted by Gasteiger charge is 2.37. The number of amides is 1. The van der Waals surface area contributed by atoms with Crippen molar-refractivity contribution in [2.45, 2.75) is 63.7 Å². The van der Waals surface area contributed by atoms with Crippen LogP contribution in [0.3, 0.4) is 0 Å². The molecule has 3 aromatic carbocycles. The lowest BCUT2D eigenvalue weighted by molar-refractivity contribution is -0.133. The molecule has 1 unspecified atom stereocenters. The van der Waals surface area contributed by atoms with Gasteiger partial charge in [0.2, 0.25) is 5.91 Å². The summed E-state index contributed by atoms with van der Waals surface area (Å²) >= 11 is 6.38. The van der Waals surface area contributed by atoms with E-state index in [0.29, 0.717) is 53.0 Å². The minimum Gasteiger partial charge on any atom is -0.478 e. The third kappa shape index (κ3) is 8.44. The molecule has 0 saturated heterocycles. The lowest BCUT2D eigenvalue weighted by Gasteiger charge is -2.31. The molecule has 236 valence electrons. The lowest BCUT2D eigenvalue weighted by atomic mass is 9.80. The van der Waals surface area contributed by atoms with E-state index in [1.165, 1.54) is 43.2 Å². The van der Waals surface area contributed by atoms with Gasteiger partial charge in [-0.2, -0.15) is 0 Å². The molecule has 1 amide bonds. The highest BCUT2D eigenvalue weighted by Crippen LogP contribution is 2.39. The fourth-order valence-electron chi connectivity index (χ4n) is 6.80. The van der Waals surface area contributed by atoms with Crippen LogP contribution in [0.5, 0.6) is 0 Å². The van der Waals surface area contributed by atoms with Gasteiger partial charge in [0, 0.05) is 29.8 Å². The Morgan fingerprint density at radius 1 is 0.933 bits per heavy atom. The predicted molar refractivity (Wildman–Crippen MR) is 179 cm³/mol. The van der Waals surface area contributed by atoms with E-state index in [1.807, 2.05) is 42.5 Å². The van der Waals surface area contributed by atoms with Gasteiger partial charge in [-0.25, -0.2) is 4.79 Å². The number of hydrogen-bond donors (Lipinski definition) is 3. The molecule has 1 saturated carbocycles. The van der Waals surface area contributed by atoms with Gasteiger partial charge in [-0.05, 0) is 54.5 Å². The minimum atomic E-state index is -1.08. The summed E-state index contributed by atoms with van der Waals surface area (Å²) in [5.74, 6) is -1.44. The Balaban J connectivity index is 1.40. The number of carboxylic acids is 1. The van der Waals surface area contributed by atoms with Crippen LogP contribution in [0, 0.1) is 5.92 Å². The Bertz CT molecular complexity index is 1470. The van der Waals surface area contributed by atoms with Gasteiger partial charge in [-0.15, -0.1) is 0 Å². The van der Waals surface area contributed by atoms with Crippen LogP contribution < -0.4 is 10.6 Å². The van der Waals surface area contributed by atoms with Gasteiger partial charge in [-0.3, -0.25) is 4.79 Å². The van der Waals surface area contributed by atoms with E-state index in [9.17, 15) is 14.7 Å². The van der Waals surface area contributed by atoms with E-state index in [1.54, 1.807) is 25.1 Å². The number of hydrogen-bond acceptors (Lipinski definition) is 4. The summed E-state index contributed by atoms with van der Waals surface area (Å²) in [6.45, 7) is 2.92. The maximum Gasteiger partial charge on any atom is 0.334 e. The minimum absolute atomic E-state index is 0.0919. The number of halogens is 1. The average Bonchev–Trinajstić information content (AvgIpc) is 3.05. The number of carbonyl (C=O) groups is 2. The predicted octanol–water partition coefficient (Wildman–Crippen LogP) is 7.96. The van der Waals surface area contributed by atoms with Crippen molar-refractivity contribution >= 4 is 23.5 Å². The Morgan fingerprint density at radius 2 is 1.60 bits per heavy atom. The molecule has 0 aromatic heterocycles. The Kier molecular flexibility index (Phi) is 11.5. The molecule has 45 heavy (non-hydrogen) atoms. The molecule has 0 bridgehead atoms. The van der Waals surface area contributed by atoms with E-state index >= 15 is 0 Å². The zero-order chi connectivity index (χ0) is 31.6. The maximum atomic E-state index is 14.2. The molecule has 1 heterocycles.